The molecule has 1 rings (SSSR count). The number of hydrogen-bond acceptors (Lipinski definition) is 2. The minimum atomic E-state index is 0.406. The molecule has 0 aromatic heterocycles. The molecule has 0 amide bonds. The first-order valence-corrected chi connectivity index (χ1v) is 8.48. The van der Waals surface area contributed by atoms with E-state index >= 15 is 0 Å². The van der Waals surface area contributed by atoms with Gasteiger partial charge in [0.2, 0.25) is 0 Å². The van der Waals surface area contributed by atoms with Crippen molar-refractivity contribution in [3.8, 4) is 0 Å². The Hall–Kier alpha value is -0.860. The highest BCUT2D eigenvalue weighted by atomic mass is 15.1. The molecule has 1 atom stereocenters. The third-order valence-electron chi connectivity index (χ3n) is 4.41. The molecule has 0 spiro atoms. The molecule has 0 aliphatic heterocycles. The summed E-state index contributed by atoms with van der Waals surface area (Å²) in [5.74, 6) is 0.719. The molecule has 0 heterocycles. The van der Waals surface area contributed by atoms with Crippen molar-refractivity contribution >= 4 is 0 Å². The van der Waals surface area contributed by atoms with Crippen LogP contribution >= 0.6 is 0 Å². The fourth-order valence-corrected chi connectivity index (χ4v) is 3.07. The molecule has 1 unspecified atom stereocenters. The molecule has 0 bridgehead atoms. The van der Waals surface area contributed by atoms with E-state index in [1.54, 1.807) is 0 Å². The fourth-order valence-electron chi connectivity index (χ4n) is 3.07. The minimum Gasteiger partial charge on any atom is -0.312 e. The van der Waals surface area contributed by atoms with E-state index in [1.807, 2.05) is 0 Å². The van der Waals surface area contributed by atoms with Crippen molar-refractivity contribution in [2.45, 2.75) is 59.0 Å². The Morgan fingerprint density at radius 2 is 1.62 bits per heavy atom. The lowest BCUT2D eigenvalue weighted by Crippen LogP contribution is -2.37. The highest BCUT2D eigenvalue weighted by Gasteiger charge is 2.16. The van der Waals surface area contributed by atoms with Crippen LogP contribution in [0.4, 0.5) is 0 Å². The highest BCUT2D eigenvalue weighted by molar-refractivity contribution is 5.25. The maximum absolute atomic E-state index is 3.47. The number of rotatable bonds is 9. The summed E-state index contributed by atoms with van der Waals surface area (Å²) in [4.78, 5) is 2.49. The van der Waals surface area contributed by atoms with E-state index in [0.29, 0.717) is 12.1 Å². The van der Waals surface area contributed by atoms with E-state index in [-0.39, 0.29) is 0 Å². The van der Waals surface area contributed by atoms with Gasteiger partial charge in [-0.2, -0.15) is 0 Å². The van der Waals surface area contributed by atoms with Gasteiger partial charge in [-0.3, -0.25) is 0 Å². The molecule has 120 valence electrons. The molecule has 0 aliphatic carbocycles. The maximum Gasteiger partial charge on any atom is 0.0446 e. The monoisotopic (exact) mass is 290 g/mol. The molecule has 21 heavy (non-hydrogen) atoms. The molecular formula is C19H34N2. The van der Waals surface area contributed by atoms with Crippen molar-refractivity contribution in [2.24, 2.45) is 5.92 Å². The summed E-state index contributed by atoms with van der Waals surface area (Å²) in [5.41, 5.74) is 2.83. The lowest BCUT2D eigenvalue weighted by atomic mass is 9.99. The summed E-state index contributed by atoms with van der Waals surface area (Å²) in [6.07, 6.45) is 3.60. The molecule has 0 aliphatic rings. The van der Waals surface area contributed by atoms with Crippen molar-refractivity contribution in [3.63, 3.8) is 0 Å². The smallest absolute Gasteiger partial charge is 0.0446 e. The van der Waals surface area contributed by atoms with Crippen molar-refractivity contribution < 1.29 is 0 Å². The van der Waals surface area contributed by atoms with Gasteiger partial charge in [0, 0.05) is 18.6 Å². The molecule has 0 radical (unpaired) electrons. The number of benzene rings is 1. The average molecular weight is 290 g/mol. The van der Waals surface area contributed by atoms with Crippen molar-refractivity contribution in [3.05, 3.63) is 35.4 Å². The lowest BCUT2D eigenvalue weighted by Gasteiger charge is -2.30. The molecule has 1 N–H and O–H groups in total. The Morgan fingerprint density at radius 3 is 2.05 bits per heavy atom. The molecule has 0 saturated carbocycles. The second-order valence-corrected chi connectivity index (χ2v) is 6.59. The summed E-state index contributed by atoms with van der Waals surface area (Å²) in [6.45, 7) is 10.2. The Labute approximate surface area is 131 Å². The van der Waals surface area contributed by atoms with Crippen molar-refractivity contribution in [1.82, 2.24) is 10.2 Å². The van der Waals surface area contributed by atoms with Crippen LogP contribution in [-0.4, -0.2) is 31.6 Å². The Morgan fingerprint density at radius 1 is 1.05 bits per heavy atom. The van der Waals surface area contributed by atoms with Crippen LogP contribution in [0.25, 0.3) is 0 Å². The second kappa shape index (κ2) is 9.22. The van der Waals surface area contributed by atoms with Gasteiger partial charge in [-0.1, -0.05) is 52.0 Å². The third-order valence-corrected chi connectivity index (χ3v) is 4.41. The number of nitrogens with zero attached hydrogens (tertiary/aromatic N) is 1. The zero-order chi connectivity index (χ0) is 15.8. The largest absolute Gasteiger partial charge is 0.312 e. The van der Waals surface area contributed by atoms with Crippen molar-refractivity contribution in [2.75, 3.05) is 20.6 Å². The standard InChI is InChI=1S/C19H34N2/c1-7-18(8-2)21(6)14-19(20-5)17-11-9-16(10-12-17)13-15(3)4/h9-12,15,18-20H,7-8,13-14H2,1-6H3. The van der Waals surface area contributed by atoms with Gasteiger partial charge in [0.1, 0.15) is 0 Å². The van der Waals surface area contributed by atoms with Gasteiger partial charge in [0.05, 0.1) is 0 Å². The fraction of sp³-hybridized carbons (Fsp3) is 0.684. The predicted molar refractivity (Wildman–Crippen MR) is 93.8 cm³/mol. The van der Waals surface area contributed by atoms with Gasteiger partial charge in [-0.05, 0) is 50.4 Å². The third kappa shape index (κ3) is 5.80. The highest BCUT2D eigenvalue weighted by Crippen LogP contribution is 2.18. The molecule has 0 fully saturated rings. The summed E-state index contributed by atoms with van der Waals surface area (Å²) in [6, 6.07) is 10.2. The number of hydrogen-bond donors (Lipinski definition) is 1. The predicted octanol–water partition coefficient (Wildman–Crippen LogP) is 4.27. The van der Waals surface area contributed by atoms with E-state index in [4.69, 9.17) is 0 Å². The van der Waals surface area contributed by atoms with Crippen LogP contribution in [0.2, 0.25) is 0 Å². The van der Waals surface area contributed by atoms with Gasteiger partial charge < -0.3 is 10.2 Å². The molecule has 1 aromatic rings. The van der Waals surface area contributed by atoms with Gasteiger partial charge in [-0.25, -0.2) is 0 Å². The summed E-state index contributed by atoms with van der Waals surface area (Å²) < 4.78 is 0. The van der Waals surface area contributed by atoms with Gasteiger partial charge in [0.15, 0.2) is 0 Å². The molecule has 2 nitrogen and oxygen atoms in total. The number of nitrogens with one attached hydrogen (secondary N) is 1. The van der Waals surface area contributed by atoms with Crippen LogP contribution in [0.5, 0.6) is 0 Å². The molecule has 0 saturated heterocycles. The first-order chi connectivity index (χ1) is 10.0. The van der Waals surface area contributed by atoms with E-state index in [2.05, 4.69) is 76.3 Å². The minimum absolute atomic E-state index is 0.406. The zero-order valence-electron chi connectivity index (χ0n) is 14.8. The number of likely N-dealkylation sites (N-methyl/N-ethyl adjacent to an activating group) is 2. The van der Waals surface area contributed by atoms with Crippen LogP contribution in [0.15, 0.2) is 24.3 Å². The summed E-state index contributed by atoms with van der Waals surface area (Å²) in [7, 11) is 4.31. The molecule has 1 aromatic carbocycles. The SMILES string of the molecule is CCC(CC)N(C)CC(NC)c1ccc(CC(C)C)cc1. The molecule has 2 heteroatoms. The first kappa shape index (κ1) is 18.2. The summed E-state index contributed by atoms with van der Waals surface area (Å²) >= 11 is 0. The van der Waals surface area contributed by atoms with Crippen LogP contribution in [0.3, 0.4) is 0 Å². The lowest BCUT2D eigenvalue weighted by molar-refractivity contribution is 0.209. The van der Waals surface area contributed by atoms with E-state index in [1.165, 1.54) is 24.0 Å². The van der Waals surface area contributed by atoms with E-state index in [9.17, 15) is 0 Å². The van der Waals surface area contributed by atoms with Crippen LogP contribution in [0.1, 0.15) is 57.7 Å². The Balaban J connectivity index is 2.71. The van der Waals surface area contributed by atoms with Gasteiger partial charge >= 0.3 is 0 Å². The van der Waals surface area contributed by atoms with Gasteiger partial charge in [-0.15, -0.1) is 0 Å². The van der Waals surface area contributed by atoms with Gasteiger partial charge in [0.25, 0.3) is 0 Å². The van der Waals surface area contributed by atoms with Crippen LogP contribution in [-0.2, 0) is 6.42 Å². The van der Waals surface area contributed by atoms with Crippen LogP contribution < -0.4 is 5.32 Å². The Kier molecular flexibility index (Phi) is 7.98. The summed E-state index contributed by atoms with van der Waals surface area (Å²) in [5, 5.41) is 3.47. The Bertz CT molecular complexity index is 379. The normalized spacial score (nSPS) is 13.4. The van der Waals surface area contributed by atoms with E-state index < -0.39 is 0 Å². The maximum atomic E-state index is 3.47. The topological polar surface area (TPSA) is 15.3 Å². The first-order valence-electron chi connectivity index (χ1n) is 8.48. The second-order valence-electron chi connectivity index (χ2n) is 6.59. The van der Waals surface area contributed by atoms with E-state index in [0.717, 1.165) is 18.9 Å². The average Bonchev–Trinajstić information content (AvgIpc) is 2.46. The van der Waals surface area contributed by atoms with Crippen molar-refractivity contribution in [1.29, 1.82) is 0 Å². The molecular weight excluding hydrogens is 256 g/mol. The quantitative estimate of drug-likeness (QED) is 0.731. The zero-order valence-corrected chi connectivity index (χ0v) is 14.8. The van der Waals surface area contributed by atoms with Crippen LogP contribution in [0, 0.1) is 5.92 Å².